The minimum atomic E-state index is -4.56. The summed E-state index contributed by atoms with van der Waals surface area (Å²) in [4.78, 5) is 12.6. The van der Waals surface area contributed by atoms with Crippen LogP contribution in [-0.4, -0.2) is 29.5 Å². The molecule has 1 aliphatic rings. The fraction of sp³-hybridized carbons (Fsp3) is 0.368. The fourth-order valence-corrected chi connectivity index (χ4v) is 4.40. The van der Waals surface area contributed by atoms with Gasteiger partial charge in [0.25, 0.3) is 0 Å². The normalized spacial score (nSPS) is 17.5. The van der Waals surface area contributed by atoms with Crippen LogP contribution in [0.4, 0.5) is 13.2 Å². The van der Waals surface area contributed by atoms with Gasteiger partial charge >= 0.3 is 6.18 Å². The number of pyridine rings is 2. The molecule has 0 amide bonds. The van der Waals surface area contributed by atoms with E-state index in [4.69, 9.17) is 4.78 Å². The number of hydrogen-bond acceptors (Lipinski definition) is 6. The number of alkyl halides is 3. The summed E-state index contributed by atoms with van der Waals surface area (Å²) in [6.45, 7) is 1.61. The molecule has 0 radical (unpaired) electrons. The summed E-state index contributed by atoms with van der Waals surface area (Å²) in [5.74, 6) is 0.180. The second-order valence-corrected chi connectivity index (χ2v) is 9.66. The van der Waals surface area contributed by atoms with Crippen molar-refractivity contribution in [2.75, 3.05) is 5.75 Å². The first-order valence-corrected chi connectivity index (χ1v) is 10.8. The van der Waals surface area contributed by atoms with Crippen LogP contribution >= 0.6 is 0 Å². The predicted octanol–water partition coefficient (Wildman–Crippen LogP) is 4.03. The minimum absolute atomic E-state index is 0.0165. The first-order valence-electron chi connectivity index (χ1n) is 9.11. The number of rotatable bonds is 4. The minimum Gasteiger partial charge on any atom is -0.310 e. The molecule has 0 saturated heterocycles. The Bertz CT molecular complexity index is 1320. The first-order chi connectivity index (χ1) is 14.0. The third-order valence-electron chi connectivity index (χ3n) is 5.38. The van der Waals surface area contributed by atoms with E-state index in [1.54, 1.807) is 20.0 Å². The van der Waals surface area contributed by atoms with Gasteiger partial charge in [-0.05, 0) is 30.5 Å². The molecule has 3 aromatic heterocycles. The summed E-state index contributed by atoms with van der Waals surface area (Å²) in [5.41, 5.74) is -0.650. The largest absolute Gasteiger partial charge is 0.417 e. The molecule has 3 aromatic rings. The molecule has 30 heavy (non-hydrogen) atoms. The predicted molar refractivity (Wildman–Crippen MR) is 103 cm³/mol. The van der Waals surface area contributed by atoms with Crippen LogP contribution in [0.1, 0.15) is 30.9 Å². The van der Waals surface area contributed by atoms with Crippen LogP contribution in [0.25, 0.3) is 22.7 Å². The number of hydrogen-bond donors (Lipinski definition) is 1. The molecule has 1 atom stereocenters. The molecule has 1 saturated carbocycles. The van der Waals surface area contributed by atoms with Crippen LogP contribution in [0.5, 0.6) is 0 Å². The smallest absolute Gasteiger partial charge is 0.310 e. The van der Waals surface area contributed by atoms with Gasteiger partial charge in [0.2, 0.25) is 0 Å². The Kier molecular flexibility index (Phi) is 4.39. The molecule has 0 aromatic carbocycles. The zero-order chi connectivity index (χ0) is 21.9. The maximum atomic E-state index is 13.0. The third-order valence-corrected chi connectivity index (χ3v) is 7.21. The Labute approximate surface area is 170 Å². The molecule has 0 spiro atoms. The van der Waals surface area contributed by atoms with Crippen molar-refractivity contribution < 1.29 is 17.4 Å². The van der Waals surface area contributed by atoms with Crippen LogP contribution in [0, 0.1) is 16.1 Å². The van der Waals surface area contributed by atoms with E-state index in [-0.39, 0.29) is 33.3 Å². The first kappa shape index (κ1) is 20.3. The van der Waals surface area contributed by atoms with Crippen LogP contribution < -0.4 is 0 Å². The average molecular weight is 434 g/mol. The van der Waals surface area contributed by atoms with Crippen molar-refractivity contribution in [2.45, 2.75) is 36.3 Å². The van der Waals surface area contributed by atoms with Gasteiger partial charge < -0.3 is 4.57 Å². The number of nitrogens with one attached hydrogen (secondary N) is 1. The van der Waals surface area contributed by atoms with E-state index < -0.39 is 26.9 Å². The second kappa shape index (κ2) is 6.50. The molecule has 156 valence electrons. The maximum Gasteiger partial charge on any atom is 0.417 e. The number of nitrogens with zero attached hydrogens (tertiary/aromatic N) is 5. The highest BCUT2D eigenvalue weighted by atomic mass is 32.2. The van der Waals surface area contributed by atoms with Gasteiger partial charge in [0, 0.05) is 25.2 Å². The number of fused-ring (bicyclic) bond motifs is 1. The molecule has 0 unspecified atom stereocenters. The van der Waals surface area contributed by atoms with Crippen LogP contribution in [0.3, 0.4) is 0 Å². The Balaban J connectivity index is 1.95. The summed E-state index contributed by atoms with van der Waals surface area (Å²) in [7, 11) is -1.68. The topological polar surface area (TPSA) is 108 Å². The summed E-state index contributed by atoms with van der Waals surface area (Å²) < 4.78 is 61.9. The highest BCUT2D eigenvalue weighted by Gasteiger charge is 2.46. The van der Waals surface area contributed by atoms with Gasteiger partial charge in [0.15, 0.2) is 11.5 Å². The average Bonchev–Trinajstić information content (AvgIpc) is 3.45. The maximum absolute atomic E-state index is 13.0. The third kappa shape index (κ3) is 3.11. The van der Waals surface area contributed by atoms with Gasteiger partial charge in [-0.2, -0.15) is 18.4 Å². The van der Waals surface area contributed by atoms with Crippen LogP contribution in [0.15, 0.2) is 29.4 Å². The van der Waals surface area contributed by atoms with E-state index in [1.807, 2.05) is 0 Å². The lowest BCUT2D eigenvalue weighted by atomic mass is 9.99. The van der Waals surface area contributed by atoms with Crippen molar-refractivity contribution in [3.8, 4) is 17.6 Å². The second-order valence-electron chi connectivity index (χ2n) is 7.29. The molecule has 4 rings (SSSR count). The van der Waals surface area contributed by atoms with Gasteiger partial charge in [0.05, 0.1) is 31.7 Å². The number of imidazole rings is 1. The number of aryl methyl sites for hydroxylation is 1. The van der Waals surface area contributed by atoms with E-state index in [2.05, 4.69) is 21.0 Å². The summed E-state index contributed by atoms with van der Waals surface area (Å²) in [5, 5.41) is 9.47. The number of nitriles is 1. The van der Waals surface area contributed by atoms with E-state index >= 15 is 0 Å². The lowest BCUT2D eigenvalue weighted by Gasteiger charge is -2.14. The Morgan fingerprint density at radius 3 is 2.57 bits per heavy atom. The molecular formula is C19H17F3N6OS. The van der Waals surface area contributed by atoms with Crippen molar-refractivity contribution in [3.63, 3.8) is 0 Å². The molecule has 3 heterocycles. The Morgan fingerprint density at radius 2 is 2.00 bits per heavy atom. The molecule has 0 aliphatic heterocycles. The molecule has 11 heteroatoms. The highest BCUT2D eigenvalue weighted by Crippen LogP contribution is 2.48. The van der Waals surface area contributed by atoms with Gasteiger partial charge in [-0.25, -0.2) is 19.0 Å². The van der Waals surface area contributed by atoms with Crippen molar-refractivity contribution in [2.24, 2.45) is 7.05 Å². The van der Waals surface area contributed by atoms with Crippen LogP contribution in [0.2, 0.25) is 0 Å². The van der Waals surface area contributed by atoms with Crippen molar-refractivity contribution in [1.82, 2.24) is 19.5 Å². The van der Waals surface area contributed by atoms with Crippen molar-refractivity contribution in [1.29, 1.82) is 10.0 Å². The van der Waals surface area contributed by atoms with Crippen LogP contribution in [-0.2, 0) is 28.4 Å². The molecule has 1 N–H and O–H groups in total. The zero-order valence-corrected chi connectivity index (χ0v) is 16.9. The Morgan fingerprint density at radius 1 is 1.30 bits per heavy atom. The van der Waals surface area contributed by atoms with Gasteiger partial charge in [-0.15, -0.1) is 0 Å². The van der Waals surface area contributed by atoms with Gasteiger partial charge in [-0.1, -0.05) is 6.92 Å². The molecule has 1 fully saturated rings. The molecule has 7 nitrogen and oxygen atoms in total. The summed E-state index contributed by atoms with van der Waals surface area (Å²) >= 11 is 0. The standard InChI is InChI=1S/C19H17F3N6OS/c1-3-30(24,29)14-7-11(18(10-23)4-5-18)8-25-15(14)17-27-13-6-12(19(20,21)22)9-26-16(13)28(17)2/h6-9,24H,3-5H2,1-2H3/t30-/m1/s1. The summed E-state index contributed by atoms with van der Waals surface area (Å²) in [6, 6.07) is 4.70. The number of aromatic nitrogens is 4. The van der Waals surface area contributed by atoms with E-state index in [9.17, 15) is 22.6 Å². The van der Waals surface area contributed by atoms with E-state index in [0.29, 0.717) is 18.4 Å². The Hall–Kier alpha value is -3.00. The molecule has 0 bridgehead atoms. The van der Waals surface area contributed by atoms with Gasteiger partial charge in [-0.3, -0.25) is 4.98 Å². The SMILES string of the molecule is CC[S@@](=N)(=O)c1cc(C2(C#N)CC2)cnc1-c1nc2cc(C(F)(F)F)cnc2n1C. The summed E-state index contributed by atoms with van der Waals surface area (Å²) in [6.07, 6.45) is -1.02. The molecular weight excluding hydrogens is 417 g/mol. The van der Waals surface area contributed by atoms with Crippen molar-refractivity contribution >= 4 is 20.9 Å². The van der Waals surface area contributed by atoms with Crippen molar-refractivity contribution in [3.05, 3.63) is 35.7 Å². The fourth-order valence-electron chi connectivity index (χ4n) is 3.31. The number of halogens is 3. The van der Waals surface area contributed by atoms with E-state index in [1.165, 1.54) is 10.8 Å². The lowest BCUT2D eigenvalue weighted by molar-refractivity contribution is -0.137. The van der Waals surface area contributed by atoms with E-state index in [0.717, 1.165) is 12.3 Å². The lowest BCUT2D eigenvalue weighted by Crippen LogP contribution is -2.11. The van der Waals surface area contributed by atoms with Gasteiger partial charge in [0.1, 0.15) is 11.2 Å². The highest BCUT2D eigenvalue weighted by molar-refractivity contribution is 7.92. The quantitative estimate of drug-likeness (QED) is 0.667. The zero-order valence-electron chi connectivity index (χ0n) is 16.1. The molecule has 1 aliphatic carbocycles. The monoisotopic (exact) mass is 434 g/mol.